The fraction of sp³-hybridized carbons (Fsp3) is 0.444. The van der Waals surface area contributed by atoms with E-state index in [1.54, 1.807) is 7.11 Å². The van der Waals surface area contributed by atoms with Gasteiger partial charge in [-0.1, -0.05) is 54.6 Å². The quantitative estimate of drug-likeness (QED) is 0.167. The first-order valence-electron chi connectivity index (χ1n) is 11.4. The SMILES string of the molecule is C/C=C/COc1cc(C)c(OCCCN(CC)CC(Cc2ccccc2)=NOC)c(C)c1. The highest BCUT2D eigenvalue weighted by Gasteiger charge is 2.11. The third-order valence-electron chi connectivity index (χ3n) is 5.21. The highest BCUT2D eigenvalue weighted by atomic mass is 16.6. The molecule has 2 rings (SSSR count). The van der Waals surface area contributed by atoms with Crippen molar-refractivity contribution in [1.82, 2.24) is 4.90 Å². The fourth-order valence-electron chi connectivity index (χ4n) is 3.61. The number of hydrogen-bond donors (Lipinski definition) is 0. The number of nitrogens with zero attached hydrogens (tertiary/aromatic N) is 2. The topological polar surface area (TPSA) is 43.3 Å². The molecular weight excluding hydrogens is 400 g/mol. The second-order valence-corrected chi connectivity index (χ2v) is 7.84. The normalized spacial score (nSPS) is 11.9. The Morgan fingerprint density at radius 1 is 1.06 bits per heavy atom. The molecule has 0 aliphatic heterocycles. The van der Waals surface area contributed by atoms with Crippen molar-refractivity contribution < 1.29 is 14.3 Å². The summed E-state index contributed by atoms with van der Waals surface area (Å²) < 4.78 is 11.9. The third kappa shape index (κ3) is 8.75. The lowest BCUT2D eigenvalue weighted by Gasteiger charge is -2.21. The van der Waals surface area contributed by atoms with Crippen molar-refractivity contribution in [2.45, 2.75) is 40.5 Å². The number of oxime groups is 1. The molecule has 0 saturated carbocycles. The number of rotatable bonds is 14. The summed E-state index contributed by atoms with van der Waals surface area (Å²) in [5, 5.41) is 4.27. The van der Waals surface area contributed by atoms with Gasteiger partial charge in [-0.15, -0.1) is 0 Å². The van der Waals surface area contributed by atoms with Crippen LogP contribution in [0.15, 0.2) is 59.8 Å². The average molecular weight is 439 g/mol. The van der Waals surface area contributed by atoms with Crippen molar-refractivity contribution in [2.24, 2.45) is 5.16 Å². The highest BCUT2D eigenvalue weighted by Crippen LogP contribution is 2.28. The van der Waals surface area contributed by atoms with E-state index in [0.29, 0.717) is 13.2 Å². The molecule has 0 radical (unpaired) electrons. The van der Waals surface area contributed by atoms with E-state index in [-0.39, 0.29) is 0 Å². The maximum Gasteiger partial charge on any atom is 0.125 e. The molecule has 5 heteroatoms. The largest absolute Gasteiger partial charge is 0.493 e. The summed E-state index contributed by atoms with van der Waals surface area (Å²) in [4.78, 5) is 7.47. The van der Waals surface area contributed by atoms with Crippen molar-refractivity contribution in [1.29, 1.82) is 0 Å². The predicted octanol–water partition coefficient (Wildman–Crippen LogP) is 5.59. The van der Waals surface area contributed by atoms with Crippen LogP contribution >= 0.6 is 0 Å². The van der Waals surface area contributed by atoms with Crippen LogP contribution < -0.4 is 9.47 Å². The van der Waals surface area contributed by atoms with Gasteiger partial charge < -0.3 is 14.3 Å². The molecule has 0 unspecified atom stereocenters. The molecule has 0 N–H and O–H groups in total. The van der Waals surface area contributed by atoms with Gasteiger partial charge in [0.1, 0.15) is 25.2 Å². The molecule has 0 atom stereocenters. The van der Waals surface area contributed by atoms with Crippen molar-refractivity contribution in [3.8, 4) is 11.5 Å². The summed E-state index contributed by atoms with van der Waals surface area (Å²) in [5.74, 6) is 1.84. The molecular formula is C27H38N2O3. The Morgan fingerprint density at radius 2 is 1.78 bits per heavy atom. The molecule has 5 nitrogen and oxygen atoms in total. The number of aryl methyl sites for hydroxylation is 2. The highest BCUT2D eigenvalue weighted by molar-refractivity contribution is 5.88. The van der Waals surface area contributed by atoms with E-state index in [0.717, 1.165) is 60.8 Å². The standard InChI is InChI=1S/C27H38N2O3/c1-6-8-16-31-26-18-22(3)27(23(4)19-26)32-17-12-15-29(7-2)21-25(28-30-5)20-24-13-10-9-11-14-24/h6,8-11,13-14,18-19H,7,12,15-17,20-21H2,1-5H3/b8-6+,28-25?. The van der Waals surface area contributed by atoms with Crippen molar-refractivity contribution in [3.63, 3.8) is 0 Å². The van der Waals surface area contributed by atoms with Crippen LogP contribution in [0.1, 0.15) is 37.0 Å². The number of hydrogen-bond acceptors (Lipinski definition) is 5. The van der Waals surface area contributed by atoms with Crippen LogP contribution in [0.5, 0.6) is 11.5 Å². The van der Waals surface area contributed by atoms with Gasteiger partial charge in [-0.2, -0.15) is 0 Å². The van der Waals surface area contributed by atoms with E-state index in [1.165, 1.54) is 5.56 Å². The van der Waals surface area contributed by atoms with Gasteiger partial charge in [0.2, 0.25) is 0 Å². The van der Waals surface area contributed by atoms with Gasteiger partial charge in [-0.05, 0) is 62.6 Å². The number of ether oxygens (including phenoxy) is 2. The molecule has 0 bridgehead atoms. The molecule has 2 aromatic carbocycles. The van der Waals surface area contributed by atoms with Crippen LogP contribution in [-0.4, -0.2) is 50.6 Å². The van der Waals surface area contributed by atoms with Crippen LogP contribution in [0.3, 0.4) is 0 Å². The molecule has 0 heterocycles. The minimum absolute atomic E-state index is 0.584. The van der Waals surface area contributed by atoms with Crippen molar-refractivity contribution >= 4 is 5.71 Å². The van der Waals surface area contributed by atoms with Gasteiger partial charge in [0, 0.05) is 19.5 Å². The summed E-state index contributed by atoms with van der Waals surface area (Å²) in [7, 11) is 1.61. The summed E-state index contributed by atoms with van der Waals surface area (Å²) in [5.41, 5.74) is 4.48. The van der Waals surface area contributed by atoms with Gasteiger partial charge in [0.05, 0.1) is 12.3 Å². The minimum Gasteiger partial charge on any atom is -0.493 e. The van der Waals surface area contributed by atoms with Crippen molar-refractivity contribution in [3.05, 3.63) is 71.3 Å². The zero-order valence-corrected chi connectivity index (χ0v) is 20.3. The van der Waals surface area contributed by atoms with Crippen LogP contribution in [0.2, 0.25) is 0 Å². The van der Waals surface area contributed by atoms with E-state index in [4.69, 9.17) is 14.3 Å². The predicted molar refractivity (Wildman–Crippen MR) is 133 cm³/mol. The Labute approximate surface area is 193 Å². The molecule has 0 saturated heterocycles. The first-order valence-corrected chi connectivity index (χ1v) is 11.4. The fourth-order valence-corrected chi connectivity index (χ4v) is 3.61. The summed E-state index contributed by atoms with van der Waals surface area (Å²) in [6, 6.07) is 14.5. The summed E-state index contributed by atoms with van der Waals surface area (Å²) in [6.45, 7) is 12.2. The summed E-state index contributed by atoms with van der Waals surface area (Å²) >= 11 is 0. The van der Waals surface area contributed by atoms with E-state index >= 15 is 0 Å². The molecule has 0 aliphatic carbocycles. The molecule has 0 aliphatic rings. The molecule has 174 valence electrons. The minimum atomic E-state index is 0.584. The molecule has 0 aromatic heterocycles. The third-order valence-corrected chi connectivity index (χ3v) is 5.21. The second-order valence-electron chi connectivity index (χ2n) is 7.84. The zero-order chi connectivity index (χ0) is 23.2. The molecule has 32 heavy (non-hydrogen) atoms. The Balaban J connectivity index is 1.85. The molecule has 0 spiro atoms. The number of benzene rings is 2. The first kappa shape index (κ1) is 25.5. The monoisotopic (exact) mass is 438 g/mol. The first-order chi connectivity index (χ1) is 15.6. The number of allylic oxidation sites excluding steroid dienone is 1. The van der Waals surface area contributed by atoms with E-state index in [9.17, 15) is 0 Å². The average Bonchev–Trinajstić information content (AvgIpc) is 2.78. The van der Waals surface area contributed by atoms with Crippen molar-refractivity contribution in [2.75, 3.05) is 40.0 Å². The molecule has 0 fully saturated rings. The van der Waals surface area contributed by atoms with Gasteiger partial charge in [-0.3, -0.25) is 4.90 Å². The van der Waals surface area contributed by atoms with E-state index in [2.05, 4.69) is 55.1 Å². The van der Waals surface area contributed by atoms with Crippen LogP contribution in [0.4, 0.5) is 0 Å². The Bertz CT molecular complexity index is 839. The Hall–Kier alpha value is -2.79. The van der Waals surface area contributed by atoms with Crippen LogP contribution in [0.25, 0.3) is 0 Å². The van der Waals surface area contributed by atoms with Gasteiger partial charge in [0.25, 0.3) is 0 Å². The van der Waals surface area contributed by atoms with Gasteiger partial charge in [0.15, 0.2) is 0 Å². The lowest BCUT2D eigenvalue weighted by Crippen LogP contribution is -2.32. The Kier molecular flexibility index (Phi) is 11.4. The Morgan fingerprint density at radius 3 is 2.41 bits per heavy atom. The van der Waals surface area contributed by atoms with Gasteiger partial charge in [-0.25, -0.2) is 0 Å². The van der Waals surface area contributed by atoms with E-state index in [1.807, 2.05) is 37.3 Å². The van der Waals surface area contributed by atoms with E-state index < -0.39 is 0 Å². The van der Waals surface area contributed by atoms with Gasteiger partial charge >= 0.3 is 0 Å². The lowest BCUT2D eigenvalue weighted by molar-refractivity contribution is 0.208. The van der Waals surface area contributed by atoms with Crippen LogP contribution in [-0.2, 0) is 11.3 Å². The summed E-state index contributed by atoms with van der Waals surface area (Å²) in [6.07, 6.45) is 5.72. The zero-order valence-electron chi connectivity index (χ0n) is 20.3. The molecule has 0 amide bonds. The lowest BCUT2D eigenvalue weighted by atomic mass is 10.1. The molecule has 2 aromatic rings. The second kappa shape index (κ2) is 14.3. The smallest absolute Gasteiger partial charge is 0.125 e. The maximum absolute atomic E-state index is 6.14. The van der Waals surface area contributed by atoms with Crippen LogP contribution in [0, 0.1) is 13.8 Å². The maximum atomic E-state index is 6.14.